The molecule has 6 heteroatoms. The first-order chi connectivity index (χ1) is 11.3. The summed E-state index contributed by atoms with van der Waals surface area (Å²) < 4.78 is 30.0. The molecule has 1 amide bonds. The molecule has 2 aromatic carbocycles. The van der Waals surface area contributed by atoms with Gasteiger partial charge in [0.2, 0.25) is 0 Å². The van der Waals surface area contributed by atoms with Crippen LogP contribution in [-0.2, 0) is 10.1 Å². The number of nitrogens with one attached hydrogen (secondary N) is 1. The van der Waals surface area contributed by atoms with Crippen LogP contribution in [-0.4, -0.2) is 20.9 Å². The lowest BCUT2D eigenvalue weighted by atomic mass is 10.2. The van der Waals surface area contributed by atoms with Gasteiger partial charge in [-0.25, -0.2) is 0 Å². The van der Waals surface area contributed by atoms with Gasteiger partial charge in [-0.2, -0.15) is 8.42 Å². The van der Waals surface area contributed by atoms with E-state index in [4.69, 9.17) is 10.6 Å². The van der Waals surface area contributed by atoms with Gasteiger partial charge in [-0.15, -0.1) is 6.42 Å². The molecule has 0 aromatic heterocycles. The van der Waals surface area contributed by atoms with Gasteiger partial charge in [0.05, 0.1) is 6.54 Å². The smallest absolute Gasteiger partial charge is 0.339 e. The fraction of sp³-hybridized carbons (Fsp3) is 0.167. The number of amides is 1. The molecular weight excluding hydrogens is 326 g/mol. The molecule has 24 heavy (non-hydrogen) atoms. The quantitative estimate of drug-likeness (QED) is 0.668. The molecule has 0 unspecified atom stereocenters. The van der Waals surface area contributed by atoms with Crippen LogP contribution in [0, 0.1) is 26.2 Å². The van der Waals surface area contributed by atoms with Gasteiger partial charge in [0.1, 0.15) is 10.6 Å². The van der Waals surface area contributed by atoms with Crippen molar-refractivity contribution < 1.29 is 17.4 Å². The van der Waals surface area contributed by atoms with E-state index in [0.717, 1.165) is 5.56 Å². The first-order valence-corrected chi connectivity index (χ1v) is 8.58. The van der Waals surface area contributed by atoms with E-state index in [2.05, 4.69) is 11.2 Å². The predicted octanol–water partition coefficient (Wildman–Crippen LogP) is 2.43. The number of benzene rings is 2. The number of aryl methyl sites for hydroxylation is 2. The standard InChI is InChI=1S/C18H17NO4S/c1-4-11-19-18(20)15-7-9-16(10-8-15)23-24(21,22)17-12-13(2)5-6-14(17)3/h1,5-10,12H,11H2,2-3H3,(H,19,20). The molecule has 124 valence electrons. The van der Waals surface area contributed by atoms with E-state index in [1.165, 1.54) is 24.3 Å². The number of hydrogen-bond acceptors (Lipinski definition) is 4. The summed E-state index contributed by atoms with van der Waals surface area (Å²) in [6.07, 6.45) is 5.08. The van der Waals surface area contributed by atoms with Crippen LogP contribution in [0.15, 0.2) is 47.4 Å². The van der Waals surface area contributed by atoms with Crippen molar-refractivity contribution in [2.45, 2.75) is 18.7 Å². The minimum absolute atomic E-state index is 0.123. The summed E-state index contributed by atoms with van der Waals surface area (Å²) >= 11 is 0. The van der Waals surface area contributed by atoms with Crippen LogP contribution >= 0.6 is 0 Å². The molecule has 0 bridgehead atoms. The average molecular weight is 343 g/mol. The Bertz CT molecular complexity index is 894. The summed E-state index contributed by atoms with van der Waals surface area (Å²) in [5, 5.41) is 2.52. The van der Waals surface area contributed by atoms with E-state index < -0.39 is 10.1 Å². The van der Waals surface area contributed by atoms with Crippen molar-refractivity contribution in [3.8, 4) is 18.1 Å². The van der Waals surface area contributed by atoms with E-state index in [-0.39, 0.29) is 23.1 Å². The Morgan fingerprint density at radius 3 is 2.46 bits per heavy atom. The number of carbonyl (C=O) groups excluding carboxylic acids is 1. The Balaban J connectivity index is 2.20. The number of carbonyl (C=O) groups is 1. The first kappa shape index (κ1) is 17.6. The normalized spacial score (nSPS) is 10.7. The van der Waals surface area contributed by atoms with Crippen LogP contribution in [0.4, 0.5) is 0 Å². The molecular formula is C18H17NO4S. The number of rotatable bonds is 5. The predicted molar refractivity (Wildman–Crippen MR) is 91.3 cm³/mol. The summed E-state index contributed by atoms with van der Waals surface area (Å²) in [6.45, 7) is 3.63. The maximum atomic E-state index is 12.4. The molecule has 5 nitrogen and oxygen atoms in total. The van der Waals surface area contributed by atoms with Crippen molar-refractivity contribution >= 4 is 16.0 Å². The highest BCUT2D eigenvalue weighted by molar-refractivity contribution is 7.87. The Morgan fingerprint density at radius 2 is 1.83 bits per heavy atom. The molecule has 0 aliphatic carbocycles. The maximum Gasteiger partial charge on any atom is 0.339 e. The van der Waals surface area contributed by atoms with Crippen molar-refractivity contribution in [2.75, 3.05) is 6.54 Å². The molecule has 2 rings (SSSR count). The highest BCUT2D eigenvalue weighted by Crippen LogP contribution is 2.22. The maximum absolute atomic E-state index is 12.4. The summed E-state index contributed by atoms with van der Waals surface area (Å²) in [5.41, 5.74) is 1.79. The minimum atomic E-state index is -3.94. The second-order valence-corrected chi connectivity index (χ2v) is 6.73. The second kappa shape index (κ2) is 7.20. The molecule has 0 heterocycles. The lowest BCUT2D eigenvalue weighted by molar-refractivity contribution is 0.0958. The minimum Gasteiger partial charge on any atom is -0.379 e. The molecule has 0 aliphatic heterocycles. The third kappa shape index (κ3) is 4.15. The lowest BCUT2D eigenvalue weighted by Gasteiger charge is -2.10. The monoisotopic (exact) mass is 343 g/mol. The van der Waals surface area contributed by atoms with Crippen molar-refractivity contribution in [1.82, 2.24) is 5.32 Å². The fourth-order valence-corrected chi connectivity index (χ4v) is 3.29. The molecule has 1 N–H and O–H groups in total. The summed E-state index contributed by atoms with van der Waals surface area (Å²) in [5.74, 6) is 2.10. The lowest BCUT2D eigenvalue weighted by Crippen LogP contribution is -2.23. The molecule has 0 atom stereocenters. The Hall–Kier alpha value is -2.78. The third-order valence-corrected chi connectivity index (χ3v) is 4.68. The molecule has 0 spiro atoms. The van der Waals surface area contributed by atoms with Gasteiger partial charge in [-0.05, 0) is 55.3 Å². The molecule has 0 saturated heterocycles. The zero-order chi connectivity index (χ0) is 17.7. The summed E-state index contributed by atoms with van der Waals surface area (Å²) in [6, 6.07) is 10.9. The van der Waals surface area contributed by atoms with Gasteiger partial charge in [0.25, 0.3) is 5.91 Å². The second-order valence-electron chi connectivity index (χ2n) is 5.22. The van der Waals surface area contributed by atoms with Crippen LogP contribution in [0.5, 0.6) is 5.75 Å². The van der Waals surface area contributed by atoms with E-state index in [9.17, 15) is 13.2 Å². The van der Waals surface area contributed by atoms with Crippen LogP contribution in [0.2, 0.25) is 0 Å². The molecule has 0 fully saturated rings. The zero-order valence-electron chi connectivity index (χ0n) is 13.4. The molecule has 0 aliphatic rings. The van der Waals surface area contributed by atoms with Gasteiger partial charge < -0.3 is 9.50 Å². The fourth-order valence-electron chi connectivity index (χ4n) is 2.04. The number of hydrogen-bond donors (Lipinski definition) is 1. The Kier molecular flexibility index (Phi) is 5.27. The average Bonchev–Trinajstić information content (AvgIpc) is 2.55. The van der Waals surface area contributed by atoms with E-state index in [0.29, 0.717) is 11.1 Å². The SMILES string of the molecule is C#CCNC(=O)c1ccc(OS(=O)(=O)c2cc(C)ccc2C)cc1. The Morgan fingerprint density at radius 1 is 1.17 bits per heavy atom. The van der Waals surface area contributed by atoms with Gasteiger partial charge in [0.15, 0.2) is 0 Å². The highest BCUT2D eigenvalue weighted by Gasteiger charge is 2.19. The summed E-state index contributed by atoms with van der Waals surface area (Å²) in [4.78, 5) is 11.9. The van der Waals surface area contributed by atoms with Gasteiger partial charge in [0, 0.05) is 5.56 Å². The van der Waals surface area contributed by atoms with Crippen molar-refractivity contribution in [2.24, 2.45) is 0 Å². The first-order valence-electron chi connectivity index (χ1n) is 7.17. The molecule has 0 radical (unpaired) electrons. The number of terminal acetylenes is 1. The third-order valence-electron chi connectivity index (χ3n) is 3.29. The van der Waals surface area contributed by atoms with Crippen molar-refractivity contribution in [3.63, 3.8) is 0 Å². The topological polar surface area (TPSA) is 72.5 Å². The van der Waals surface area contributed by atoms with E-state index in [1.807, 2.05) is 13.0 Å². The summed E-state index contributed by atoms with van der Waals surface area (Å²) in [7, 11) is -3.94. The molecule has 2 aromatic rings. The highest BCUT2D eigenvalue weighted by atomic mass is 32.2. The van der Waals surface area contributed by atoms with Crippen molar-refractivity contribution in [1.29, 1.82) is 0 Å². The van der Waals surface area contributed by atoms with Gasteiger partial charge in [-0.1, -0.05) is 18.1 Å². The Labute approximate surface area is 141 Å². The largest absolute Gasteiger partial charge is 0.379 e. The molecule has 0 saturated carbocycles. The van der Waals surface area contributed by atoms with Crippen LogP contribution in [0.3, 0.4) is 0 Å². The van der Waals surface area contributed by atoms with Crippen LogP contribution in [0.1, 0.15) is 21.5 Å². The van der Waals surface area contributed by atoms with E-state index in [1.54, 1.807) is 19.1 Å². The zero-order valence-corrected chi connectivity index (χ0v) is 14.2. The van der Waals surface area contributed by atoms with Crippen LogP contribution in [0.25, 0.3) is 0 Å². The van der Waals surface area contributed by atoms with Crippen LogP contribution < -0.4 is 9.50 Å². The van der Waals surface area contributed by atoms with Crippen molar-refractivity contribution in [3.05, 3.63) is 59.2 Å². The van der Waals surface area contributed by atoms with E-state index >= 15 is 0 Å². The van der Waals surface area contributed by atoms with Gasteiger partial charge >= 0.3 is 10.1 Å². The van der Waals surface area contributed by atoms with Gasteiger partial charge in [-0.3, -0.25) is 4.79 Å².